The smallest absolute Gasteiger partial charge is 0.287 e. The zero-order chi connectivity index (χ0) is 19.5. The van der Waals surface area contributed by atoms with Gasteiger partial charge in [0.05, 0.1) is 20.4 Å². The number of fused-ring (bicyclic) bond motifs is 2. The molecule has 0 radical (unpaired) electrons. The highest BCUT2D eigenvalue weighted by Crippen LogP contribution is 2.32. The highest BCUT2D eigenvalue weighted by molar-refractivity contribution is 5.99. The summed E-state index contributed by atoms with van der Waals surface area (Å²) >= 11 is 0. The van der Waals surface area contributed by atoms with Crippen molar-refractivity contribution in [2.24, 2.45) is 5.10 Å². The summed E-state index contributed by atoms with van der Waals surface area (Å²) in [6, 6.07) is 10.8. The van der Waals surface area contributed by atoms with Crippen LogP contribution in [0.15, 0.2) is 41.5 Å². The van der Waals surface area contributed by atoms with Gasteiger partial charge in [-0.15, -0.1) is 0 Å². The number of ether oxygens (including phenoxy) is 4. The normalized spacial score (nSPS) is 12.9. The minimum Gasteiger partial charge on any atom is -0.493 e. The summed E-state index contributed by atoms with van der Waals surface area (Å²) in [5.74, 6) is 2.19. The number of nitrogens with one attached hydrogen (secondary N) is 2. The molecule has 3 aromatic rings. The second kappa shape index (κ2) is 7.51. The van der Waals surface area contributed by atoms with Gasteiger partial charge in [-0.05, 0) is 35.9 Å². The lowest BCUT2D eigenvalue weighted by Gasteiger charge is -2.18. The topological polar surface area (TPSA) is 94.2 Å². The molecule has 0 fully saturated rings. The maximum atomic E-state index is 12.4. The second-order valence-electron chi connectivity index (χ2n) is 6.08. The maximum absolute atomic E-state index is 12.4. The molecule has 0 aliphatic carbocycles. The number of carbonyl (C=O) groups is 1. The fourth-order valence-electron chi connectivity index (χ4n) is 2.95. The molecule has 2 heterocycles. The molecule has 0 saturated carbocycles. The van der Waals surface area contributed by atoms with Crippen molar-refractivity contribution in [3.8, 4) is 23.0 Å². The Kier molecular flexibility index (Phi) is 4.76. The van der Waals surface area contributed by atoms with Gasteiger partial charge in [-0.25, -0.2) is 5.43 Å². The van der Waals surface area contributed by atoms with E-state index in [-0.39, 0.29) is 5.91 Å². The first-order valence-corrected chi connectivity index (χ1v) is 8.66. The molecule has 2 N–H and O–H groups in total. The second-order valence-corrected chi connectivity index (χ2v) is 6.08. The Morgan fingerprint density at radius 1 is 1.07 bits per heavy atom. The van der Waals surface area contributed by atoms with E-state index < -0.39 is 0 Å². The number of benzene rings is 2. The van der Waals surface area contributed by atoms with Crippen LogP contribution in [0.3, 0.4) is 0 Å². The first kappa shape index (κ1) is 17.7. The van der Waals surface area contributed by atoms with Crippen LogP contribution < -0.4 is 24.4 Å². The molecule has 0 bridgehead atoms. The van der Waals surface area contributed by atoms with Crippen LogP contribution in [0.5, 0.6) is 23.0 Å². The Morgan fingerprint density at radius 2 is 1.82 bits per heavy atom. The van der Waals surface area contributed by atoms with E-state index in [4.69, 9.17) is 18.9 Å². The van der Waals surface area contributed by atoms with E-state index >= 15 is 0 Å². The summed E-state index contributed by atoms with van der Waals surface area (Å²) in [5, 5.41) is 4.85. The molecule has 8 heteroatoms. The van der Waals surface area contributed by atoms with Gasteiger partial charge in [0.15, 0.2) is 23.0 Å². The molecule has 1 aliphatic heterocycles. The van der Waals surface area contributed by atoms with Crippen molar-refractivity contribution in [1.82, 2.24) is 10.4 Å². The van der Waals surface area contributed by atoms with Gasteiger partial charge in [0.1, 0.15) is 18.9 Å². The Morgan fingerprint density at radius 3 is 2.61 bits per heavy atom. The number of hydrazone groups is 1. The van der Waals surface area contributed by atoms with Crippen molar-refractivity contribution in [1.29, 1.82) is 0 Å². The summed E-state index contributed by atoms with van der Waals surface area (Å²) in [6.45, 7) is 1.05. The standard InChI is InChI=1S/C20H19N3O5/c1-25-17-9-13-8-15(22-14(13)10-18(17)26-2)20(24)23-21-11-12-3-4-16-19(7-12)28-6-5-27-16/h3-4,7-11,22H,5-6H2,1-2H3,(H,23,24). The minimum absolute atomic E-state index is 0.358. The lowest BCUT2D eigenvalue weighted by atomic mass is 10.2. The molecule has 8 nitrogen and oxygen atoms in total. The van der Waals surface area contributed by atoms with Gasteiger partial charge in [-0.1, -0.05) is 0 Å². The lowest BCUT2D eigenvalue weighted by Crippen LogP contribution is -2.18. The Labute approximate surface area is 161 Å². The summed E-state index contributed by atoms with van der Waals surface area (Å²) in [7, 11) is 3.13. The van der Waals surface area contributed by atoms with Crippen molar-refractivity contribution in [3.63, 3.8) is 0 Å². The molecule has 1 aromatic heterocycles. The maximum Gasteiger partial charge on any atom is 0.287 e. The van der Waals surface area contributed by atoms with Crippen LogP contribution in [0.4, 0.5) is 0 Å². The van der Waals surface area contributed by atoms with Crippen molar-refractivity contribution in [3.05, 3.63) is 47.7 Å². The van der Waals surface area contributed by atoms with Crippen LogP contribution in [-0.2, 0) is 0 Å². The van der Waals surface area contributed by atoms with Crippen molar-refractivity contribution < 1.29 is 23.7 Å². The van der Waals surface area contributed by atoms with Gasteiger partial charge in [0.2, 0.25) is 0 Å². The highest BCUT2D eigenvalue weighted by Gasteiger charge is 2.13. The fraction of sp³-hybridized carbons (Fsp3) is 0.200. The van der Waals surface area contributed by atoms with Gasteiger partial charge >= 0.3 is 0 Å². The van der Waals surface area contributed by atoms with Gasteiger partial charge in [-0.2, -0.15) is 5.10 Å². The average molecular weight is 381 g/mol. The largest absolute Gasteiger partial charge is 0.493 e. The summed E-state index contributed by atoms with van der Waals surface area (Å²) in [4.78, 5) is 15.4. The van der Waals surface area contributed by atoms with Crippen LogP contribution in [0.25, 0.3) is 10.9 Å². The quantitative estimate of drug-likeness (QED) is 0.524. The van der Waals surface area contributed by atoms with E-state index in [9.17, 15) is 4.79 Å². The minimum atomic E-state index is -0.358. The number of nitrogens with zero attached hydrogens (tertiary/aromatic N) is 1. The molecular weight excluding hydrogens is 362 g/mol. The van der Waals surface area contributed by atoms with E-state index in [1.807, 2.05) is 18.2 Å². The third-order valence-electron chi connectivity index (χ3n) is 4.32. The van der Waals surface area contributed by atoms with Crippen molar-refractivity contribution in [2.45, 2.75) is 0 Å². The van der Waals surface area contributed by atoms with E-state index in [0.29, 0.717) is 41.9 Å². The third-order valence-corrected chi connectivity index (χ3v) is 4.32. The first-order valence-electron chi connectivity index (χ1n) is 8.66. The van der Waals surface area contributed by atoms with Gasteiger partial charge in [0, 0.05) is 17.0 Å². The predicted molar refractivity (Wildman–Crippen MR) is 104 cm³/mol. The summed E-state index contributed by atoms with van der Waals surface area (Å²) in [5.41, 5.74) is 4.44. The fourth-order valence-corrected chi connectivity index (χ4v) is 2.95. The number of hydrogen-bond donors (Lipinski definition) is 2. The predicted octanol–water partition coefficient (Wildman–Crippen LogP) is 2.72. The number of hydrogen-bond acceptors (Lipinski definition) is 6. The number of amides is 1. The third kappa shape index (κ3) is 3.44. The number of rotatable bonds is 5. The van der Waals surface area contributed by atoms with Gasteiger partial charge < -0.3 is 23.9 Å². The molecule has 1 aliphatic rings. The number of methoxy groups -OCH3 is 2. The van der Waals surface area contributed by atoms with Crippen molar-refractivity contribution >= 4 is 23.0 Å². The molecular formula is C20H19N3O5. The molecule has 0 spiro atoms. The van der Waals surface area contributed by atoms with E-state index in [2.05, 4.69) is 15.5 Å². The van der Waals surface area contributed by atoms with Gasteiger partial charge in [-0.3, -0.25) is 4.79 Å². The van der Waals surface area contributed by atoms with Crippen LogP contribution in [-0.4, -0.2) is 44.5 Å². The zero-order valence-electron chi connectivity index (χ0n) is 15.4. The Hall–Kier alpha value is -3.68. The number of carbonyl (C=O) groups excluding carboxylic acids is 1. The van der Waals surface area contributed by atoms with Gasteiger partial charge in [0.25, 0.3) is 5.91 Å². The molecule has 2 aromatic carbocycles. The number of aromatic nitrogens is 1. The highest BCUT2D eigenvalue weighted by atomic mass is 16.6. The molecule has 0 saturated heterocycles. The van der Waals surface area contributed by atoms with Crippen molar-refractivity contribution in [2.75, 3.05) is 27.4 Å². The Balaban J connectivity index is 1.48. The van der Waals surface area contributed by atoms with E-state index in [1.165, 1.54) is 0 Å². The summed E-state index contributed by atoms with van der Waals surface area (Å²) < 4.78 is 21.6. The molecule has 144 valence electrons. The average Bonchev–Trinajstić information content (AvgIpc) is 3.15. The summed E-state index contributed by atoms with van der Waals surface area (Å²) in [6.07, 6.45) is 1.55. The Bertz CT molecular complexity index is 1020. The van der Waals surface area contributed by atoms with E-state index in [0.717, 1.165) is 16.5 Å². The number of aromatic amines is 1. The zero-order valence-corrected chi connectivity index (χ0v) is 15.4. The van der Waals surface area contributed by atoms with Crippen LogP contribution in [0.2, 0.25) is 0 Å². The molecule has 1 amide bonds. The molecule has 0 unspecified atom stereocenters. The number of H-pyrrole nitrogens is 1. The molecule has 0 atom stereocenters. The van der Waals surface area contributed by atoms with E-state index in [1.54, 1.807) is 38.6 Å². The lowest BCUT2D eigenvalue weighted by molar-refractivity contribution is 0.0951. The van der Waals surface area contributed by atoms with Crippen LogP contribution >= 0.6 is 0 Å². The van der Waals surface area contributed by atoms with Crippen LogP contribution in [0, 0.1) is 0 Å². The monoisotopic (exact) mass is 381 g/mol. The van der Waals surface area contributed by atoms with Crippen LogP contribution in [0.1, 0.15) is 16.1 Å². The molecule has 4 rings (SSSR count). The first-order chi connectivity index (χ1) is 13.7. The molecule has 28 heavy (non-hydrogen) atoms. The SMILES string of the molecule is COc1cc2cc(C(=O)NN=Cc3ccc4c(c3)OCCO4)[nH]c2cc1OC.